The van der Waals surface area contributed by atoms with E-state index in [1.54, 1.807) is 30.3 Å². The molecule has 0 saturated carbocycles. The summed E-state index contributed by atoms with van der Waals surface area (Å²) in [6.07, 6.45) is 0. The molecule has 0 saturated heterocycles. The number of Topliss-reactive ketones (excluding diaryl/α,β-unsaturated/α-hetero) is 1. The molecule has 2 aromatic rings. The second-order valence-corrected chi connectivity index (χ2v) is 4.47. The van der Waals surface area contributed by atoms with E-state index in [1.165, 1.54) is 14.2 Å². The molecule has 0 unspecified atom stereocenters. The minimum Gasteiger partial charge on any atom is -0.497 e. The van der Waals surface area contributed by atoms with Gasteiger partial charge in [-0.15, -0.1) is 10.2 Å². The van der Waals surface area contributed by atoms with Crippen LogP contribution >= 0.6 is 11.6 Å². The Morgan fingerprint density at radius 2 is 2.00 bits per heavy atom. The summed E-state index contributed by atoms with van der Waals surface area (Å²) in [5.74, 6) is 1.40. The lowest BCUT2D eigenvalue weighted by molar-refractivity contribution is 0.100. The molecule has 0 aliphatic carbocycles. The van der Waals surface area contributed by atoms with Crippen LogP contribution in [-0.4, -0.2) is 36.7 Å². The van der Waals surface area contributed by atoms with Gasteiger partial charge < -0.3 is 14.8 Å². The molecule has 0 bridgehead atoms. The Hall–Kier alpha value is -2.34. The fourth-order valence-corrected chi connectivity index (χ4v) is 1.81. The van der Waals surface area contributed by atoms with E-state index in [2.05, 4.69) is 15.5 Å². The zero-order valence-corrected chi connectivity index (χ0v) is 12.3. The number of hydrogen-bond acceptors (Lipinski definition) is 6. The number of ketones is 1. The lowest BCUT2D eigenvalue weighted by atomic mass is 10.1. The van der Waals surface area contributed by atoms with Gasteiger partial charge in [0.05, 0.1) is 26.3 Å². The van der Waals surface area contributed by atoms with E-state index < -0.39 is 0 Å². The predicted molar refractivity (Wildman–Crippen MR) is 79.4 cm³/mol. The molecule has 6 nitrogen and oxygen atoms in total. The van der Waals surface area contributed by atoms with Crippen LogP contribution in [0.4, 0.5) is 5.82 Å². The van der Waals surface area contributed by atoms with Crippen LogP contribution in [0.5, 0.6) is 11.5 Å². The highest BCUT2D eigenvalue weighted by Gasteiger charge is 2.13. The second-order valence-electron chi connectivity index (χ2n) is 4.08. The van der Waals surface area contributed by atoms with Gasteiger partial charge in [-0.3, -0.25) is 4.79 Å². The number of nitrogens with zero attached hydrogens (tertiary/aromatic N) is 2. The molecule has 0 amide bonds. The van der Waals surface area contributed by atoms with E-state index >= 15 is 0 Å². The van der Waals surface area contributed by atoms with Crippen molar-refractivity contribution in [3.8, 4) is 11.5 Å². The molecule has 0 spiro atoms. The second kappa shape index (κ2) is 6.90. The van der Waals surface area contributed by atoms with Crippen molar-refractivity contribution >= 4 is 23.2 Å². The van der Waals surface area contributed by atoms with Crippen LogP contribution in [0, 0.1) is 0 Å². The fourth-order valence-electron chi connectivity index (χ4n) is 1.71. The number of carbonyl (C=O) groups excluding carboxylic acids is 1. The molecule has 1 aromatic heterocycles. The van der Waals surface area contributed by atoms with E-state index in [0.717, 1.165) is 0 Å². The minimum absolute atomic E-state index is 0.0554. The maximum absolute atomic E-state index is 12.3. The van der Waals surface area contributed by atoms with Crippen LogP contribution in [0.3, 0.4) is 0 Å². The molecule has 110 valence electrons. The normalized spacial score (nSPS) is 10.0. The summed E-state index contributed by atoms with van der Waals surface area (Å²) in [4.78, 5) is 12.3. The molecule has 21 heavy (non-hydrogen) atoms. The topological polar surface area (TPSA) is 73.3 Å². The molecule has 0 aliphatic rings. The van der Waals surface area contributed by atoms with Crippen molar-refractivity contribution in [2.45, 2.75) is 0 Å². The molecule has 7 heteroatoms. The van der Waals surface area contributed by atoms with Crippen LogP contribution in [-0.2, 0) is 0 Å². The summed E-state index contributed by atoms with van der Waals surface area (Å²) >= 11 is 5.64. The van der Waals surface area contributed by atoms with Crippen LogP contribution in [0.1, 0.15) is 10.4 Å². The van der Waals surface area contributed by atoms with Gasteiger partial charge in [0.15, 0.2) is 10.9 Å². The van der Waals surface area contributed by atoms with Gasteiger partial charge in [0.1, 0.15) is 17.3 Å². The molecule has 1 N–H and O–H groups in total. The number of benzene rings is 1. The maximum Gasteiger partial charge on any atom is 0.185 e. The SMILES string of the molecule is COc1ccc(OC)c(C(=O)CNc2ccc(Cl)nn2)c1. The highest BCUT2D eigenvalue weighted by Crippen LogP contribution is 2.24. The first-order chi connectivity index (χ1) is 10.1. The van der Waals surface area contributed by atoms with E-state index in [4.69, 9.17) is 21.1 Å². The molecular weight excluding hydrogens is 294 g/mol. The van der Waals surface area contributed by atoms with Crippen LogP contribution in [0.25, 0.3) is 0 Å². The molecule has 2 rings (SSSR count). The van der Waals surface area contributed by atoms with Gasteiger partial charge in [-0.1, -0.05) is 11.6 Å². The van der Waals surface area contributed by atoms with Gasteiger partial charge in [0.25, 0.3) is 0 Å². The summed E-state index contributed by atoms with van der Waals surface area (Å²) < 4.78 is 10.3. The largest absolute Gasteiger partial charge is 0.497 e. The average Bonchev–Trinajstić information content (AvgIpc) is 2.53. The number of rotatable bonds is 6. The summed E-state index contributed by atoms with van der Waals surface area (Å²) in [6, 6.07) is 8.29. The van der Waals surface area contributed by atoms with Crippen LogP contribution in [0.2, 0.25) is 5.15 Å². The summed E-state index contributed by atoms with van der Waals surface area (Å²) in [5.41, 5.74) is 0.436. The number of methoxy groups -OCH3 is 2. The van der Waals surface area contributed by atoms with Gasteiger partial charge in [-0.05, 0) is 30.3 Å². The maximum atomic E-state index is 12.3. The van der Waals surface area contributed by atoms with E-state index in [-0.39, 0.29) is 12.3 Å². The predicted octanol–water partition coefficient (Wildman–Crippen LogP) is 2.44. The quantitative estimate of drug-likeness (QED) is 0.826. The Kier molecular flexibility index (Phi) is 4.94. The third-order valence-corrected chi connectivity index (χ3v) is 2.97. The number of anilines is 1. The molecule has 0 aliphatic heterocycles. The van der Waals surface area contributed by atoms with Crippen molar-refractivity contribution in [3.63, 3.8) is 0 Å². The fraction of sp³-hybridized carbons (Fsp3) is 0.214. The number of halogens is 1. The molecule has 1 aromatic carbocycles. The van der Waals surface area contributed by atoms with Crippen LogP contribution in [0.15, 0.2) is 30.3 Å². The number of hydrogen-bond donors (Lipinski definition) is 1. The monoisotopic (exact) mass is 307 g/mol. The van der Waals surface area contributed by atoms with Crippen LogP contribution < -0.4 is 14.8 Å². The Morgan fingerprint density at radius 3 is 2.62 bits per heavy atom. The van der Waals surface area contributed by atoms with Crippen molar-refractivity contribution in [3.05, 3.63) is 41.0 Å². The Morgan fingerprint density at radius 1 is 1.19 bits per heavy atom. The average molecular weight is 308 g/mol. The van der Waals surface area contributed by atoms with E-state index in [9.17, 15) is 4.79 Å². The standard InChI is InChI=1S/C14H14ClN3O3/c1-20-9-3-4-12(21-2)10(7-9)11(19)8-16-14-6-5-13(15)17-18-14/h3-7H,8H2,1-2H3,(H,16,18). The van der Waals surface area contributed by atoms with Crippen molar-refractivity contribution < 1.29 is 14.3 Å². The van der Waals surface area contributed by atoms with Gasteiger partial charge in [0.2, 0.25) is 0 Å². The van der Waals surface area contributed by atoms with Crippen molar-refractivity contribution in [1.82, 2.24) is 10.2 Å². The molecular formula is C14H14ClN3O3. The van der Waals surface area contributed by atoms with Gasteiger partial charge in [-0.25, -0.2) is 0 Å². The first-order valence-corrected chi connectivity index (χ1v) is 6.50. The summed E-state index contributed by atoms with van der Waals surface area (Å²) in [7, 11) is 3.05. The number of ether oxygens (including phenoxy) is 2. The van der Waals surface area contributed by atoms with Gasteiger partial charge in [-0.2, -0.15) is 0 Å². The third kappa shape index (κ3) is 3.82. The zero-order valence-electron chi connectivity index (χ0n) is 11.6. The summed E-state index contributed by atoms with van der Waals surface area (Å²) in [6.45, 7) is 0.0554. The first kappa shape index (κ1) is 15.1. The highest BCUT2D eigenvalue weighted by atomic mass is 35.5. The highest BCUT2D eigenvalue weighted by molar-refractivity contribution is 6.29. The first-order valence-electron chi connectivity index (χ1n) is 6.12. The smallest absolute Gasteiger partial charge is 0.185 e. The zero-order chi connectivity index (χ0) is 15.2. The number of nitrogens with one attached hydrogen (secondary N) is 1. The Labute approximate surface area is 127 Å². The van der Waals surface area contributed by atoms with Crippen molar-refractivity contribution in [2.75, 3.05) is 26.1 Å². The Bertz CT molecular complexity index is 632. The molecule has 0 radical (unpaired) electrons. The van der Waals surface area contributed by atoms with E-state index in [1.807, 2.05) is 0 Å². The lowest BCUT2D eigenvalue weighted by Crippen LogP contribution is -2.16. The number of aromatic nitrogens is 2. The summed E-state index contributed by atoms with van der Waals surface area (Å²) in [5, 5.41) is 10.7. The van der Waals surface area contributed by atoms with Gasteiger partial charge in [0, 0.05) is 0 Å². The lowest BCUT2D eigenvalue weighted by Gasteiger charge is -2.10. The minimum atomic E-state index is -0.150. The van der Waals surface area contributed by atoms with Crippen molar-refractivity contribution in [1.29, 1.82) is 0 Å². The van der Waals surface area contributed by atoms with E-state index in [0.29, 0.717) is 28.0 Å². The Balaban J connectivity index is 2.10. The molecule has 1 heterocycles. The van der Waals surface area contributed by atoms with Crippen molar-refractivity contribution in [2.24, 2.45) is 0 Å². The molecule has 0 atom stereocenters. The third-order valence-electron chi connectivity index (χ3n) is 2.77. The molecule has 0 fully saturated rings. The van der Waals surface area contributed by atoms with Gasteiger partial charge >= 0.3 is 0 Å². The number of carbonyl (C=O) groups is 1.